The molecule has 0 amide bonds. The molecule has 0 aliphatic carbocycles. The number of carbonyl (C=O) groups is 1. The molecular weight excluding hydrogens is 288 g/mol. The van der Waals surface area contributed by atoms with Crippen LogP contribution in [0.4, 0.5) is 0 Å². The van der Waals surface area contributed by atoms with Crippen LogP contribution in [0, 0.1) is 0 Å². The Labute approximate surface area is 108 Å². The third-order valence-electron chi connectivity index (χ3n) is 2.66. The van der Waals surface area contributed by atoms with E-state index in [1.165, 1.54) is 6.92 Å². The second-order valence-corrected chi connectivity index (χ2v) is 4.86. The van der Waals surface area contributed by atoms with Crippen molar-refractivity contribution in [1.82, 2.24) is 0 Å². The van der Waals surface area contributed by atoms with Gasteiger partial charge in [-0.15, -0.1) is 0 Å². The van der Waals surface area contributed by atoms with Gasteiger partial charge < -0.3 is 14.6 Å². The summed E-state index contributed by atoms with van der Waals surface area (Å²) in [6, 6.07) is 3.92. The number of hydrogen-bond donors (Lipinski definition) is 1. The van der Waals surface area contributed by atoms with Gasteiger partial charge in [0.15, 0.2) is 6.10 Å². The molecular formula is C12H13BrO4. The number of rotatable bonds is 4. The van der Waals surface area contributed by atoms with Crippen LogP contribution < -0.4 is 4.74 Å². The third kappa shape index (κ3) is 2.79. The Kier molecular flexibility index (Phi) is 3.69. The van der Waals surface area contributed by atoms with Crippen molar-refractivity contribution in [3.63, 3.8) is 0 Å². The quantitative estimate of drug-likeness (QED) is 0.927. The number of fused-ring (bicyclic) bond motifs is 1. The molecule has 0 bridgehead atoms. The van der Waals surface area contributed by atoms with Crippen molar-refractivity contribution in [2.24, 2.45) is 0 Å². The Balaban J connectivity index is 2.13. The molecule has 1 unspecified atom stereocenters. The highest BCUT2D eigenvalue weighted by atomic mass is 79.9. The van der Waals surface area contributed by atoms with Gasteiger partial charge in [-0.1, -0.05) is 15.9 Å². The zero-order valence-corrected chi connectivity index (χ0v) is 11.0. The maximum atomic E-state index is 10.7. The zero-order chi connectivity index (χ0) is 12.4. The zero-order valence-electron chi connectivity index (χ0n) is 9.40. The number of aliphatic carboxylic acids is 1. The van der Waals surface area contributed by atoms with Gasteiger partial charge >= 0.3 is 5.97 Å². The van der Waals surface area contributed by atoms with E-state index in [9.17, 15) is 4.79 Å². The van der Waals surface area contributed by atoms with E-state index in [-0.39, 0.29) is 6.61 Å². The average Bonchev–Trinajstić information content (AvgIpc) is 2.72. The van der Waals surface area contributed by atoms with Gasteiger partial charge in [-0.2, -0.15) is 0 Å². The Morgan fingerprint density at radius 1 is 1.65 bits per heavy atom. The summed E-state index contributed by atoms with van der Waals surface area (Å²) in [5, 5.41) is 8.74. The van der Waals surface area contributed by atoms with Gasteiger partial charge in [-0.3, -0.25) is 0 Å². The smallest absolute Gasteiger partial charge is 0.332 e. The number of ether oxygens (including phenoxy) is 2. The van der Waals surface area contributed by atoms with Gasteiger partial charge in [0.05, 0.1) is 13.2 Å². The Morgan fingerprint density at radius 3 is 3.12 bits per heavy atom. The summed E-state index contributed by atoms with van der Waals surface area (Å²) in [6.07, 6.45) is 0.0713. The fourth-order valence-corrected chi connectivity index (χ4v) is 2.29. The van der Waals surface area contributed by atoms with Crippen LogP contribution in [0.5, 0.6) is 5.75 Å². The predicted octanol–water partition coefficient (Wildman–Crippen LogP) is 2.37. The number of carboxylic acid groups (broad SMARTS) is 1. The van der Waals surface area contributed by atoms with E-state index in [1.807, 2.05) is 12.1 Å². The van der Waals surface area contributed by atoms with Crippen LogP contribution in [0.25, 0.3) is 0 Å². The Bertz CT molecular complexity index is 444. The number of benzene rings is 1. The normalized spacial score (nSPS) is 15.2. The number of carboxylic acids is 1. The molecule has 1 N–H and O–H groups in total. The van der Waals surface area contributed by atoms with Gasteiger partial charge in [0.2, 0.25) is 0 Å². The highest BCUT2D eigenvalue weighted by Gasteiger charge is 2.19. The molecule has 0 aromatic heterocycles. The van der Waals surface area contributed by atoms with Crippen molar-refractivity contribution >= 4 is 21.9 Å². The van der Waals surface area contributed by atoms with E-state index in [1.54, 1.807) is 0 Å². The molecule has 0 saturated carbocycles. The van der Waals surface area contributed by atoms with Gasteiger partial charge in [-0.05, 0) is 24.6 Å². The van der Waals surface area contributed by atoms with Crippen LogP contribution >= 0.6 is 15.9 Å². The lowest BCUT2D eigenvalue weighted by atomic mass is 10.1. The molecule has 0 saturated heterocycles. The Hall–Kier alpha value is -1.07. The van der Waals surface area contributed by atoms with Crippen molar-refractivity contribution in [1.29, 1.82) is 0 Å². The van der Waals surface area contributed by atoms with Crippen LogP contribution in [0.2, 0.25) is 0 Å². The summed E-state index contributed by atoms with van der Waals surface area (Å²) < 4.78 is 11.8. The number of halogens is 1. The van der Waals surface area contributed by atoms with E-state index >= 15 is 0 Å². The fourth-order valence-electron chi connectivity index (χ4n) is 1.74. The maximum absolute atomic E-state index is 10.7. The second kappa shape index (κ2) is 5.06. The van der Waals surface area contributed by atoms with Crippen molar-refractivity contribution in [3.8, 4) is 5.75 Å². The lowest BCUT2D eigenvalue weighted by molar-refractivity contribution is -0.149. The van der Waals surface area contributed by atoms with E-state index < -0.39 is 12.1 Å². The molecule has 4 nitrogen and oxygen atoms in total. The molecule has 0 fully saturated rings. The molecule has 1 atom stereocenters. The largest absolute Gasteiger partial charge is 0.493 e. The first kappa shape index (κ1) is 12.4. The Morgan fingerprint density at radius 2 is 2.41 bits per heavy atom. The predicted molar refractivity (Wildman–Crippen MR) is 65.2 cm³/mol. The van der Waals surface area contributed by atoms with E-state index in [0.717, 1.165) is 27.8 Å². The average molecular weight is 301 g/mol. The molecule has 1 aliphatic rings. The van der Waals surface area contributed by atoms with Crippen LogP contribution in [0.15, 0.2) is 16.6 Å². The molecule has 5 heteroatoms. The summed E-state index contributed by atoms with van der Waals surface area (Å²) in [5.74, 6) is -0.122. The second-order valence-electron chi connectivity index (χ2n) is 3.94. The van der Waals surface area contributed by atoms with Crippen LogP contribution in [0.1, 0.15) is 18.1 Å². The minimum Gasteiger partial charge on any atom is -0.493 e. The van der Waals surface area contributed by atoms with Gasteiger partial charge in [0, 0.05) is 16.5 Å². The van der Waals surface area contributed by atoms with Crippen molar-refractivity contribution in [2.45, 2.75) is 26.1 Å². The number of hydrogen-bond acceptors (Lipinski definition) is 3. The monoisotopic (exact) mass is 300 g/mol. The maximum Gasteiger partial charge on any atom is 0.332 e. The molecule has 1 aromatic carbocycles. The van der Waals surface area contributed by atoms with E-state index in [4.69, 9.17) is 14.6 Å². The first-order valence-electron chi connectivity index (χ1n) is 5.36. The molecule has 1 heterocycles. The summed E-state index contributed by atoms with van der Waals surface area (Å²) >= 11 is 3.42. The third-order valence-corrected chi connectivity index (χ3v) is 3.12. The SMILES string of the molecule is CC(OCc1cc(Br)cc2c1OCC2)C(=O)O. The van der Waals surface area contributed by atoms with E-state index in [0.29, 0.717) is 6.61 Å². The van der Waals surface area contributed by atoms with E-state index in [2.05, 4.69) is 15.9 Å². The molecule has 0 spiro atoms. The minimum atomic E-state index is -0.961. The van der Waals surface area contributed by atoms with Crippen molar-refractivity contribution in [2.75, 3.05) is 6.61 Å². The summed E-state index contributed by atoms with van der Waals surface area (Å²) in [4.78, 5) is 10.7. The standard InChI is InChI=1S/C12H13BrO4/c1-7(12(14)15)17-6-9-5-10(13)4-8-2-3-16-11(8)9/h4-5,7H,2-3,6H2,1H3,(H,14,15). The first-order chi connectivity index (χ1) is 8.08. The summed E-state index contributed by atoms with van der Waals surface area (Å²) in [7, 11) is 0. The van der Waals surface area contributed by atoms with Crippen molar-refractivity contribution < 1.29 is 19.4 Å². The molecule has 2 rings (SSSR count). The van der Waals surface area contributed by atoms with Crippen LogP contribution in [-0.2, 0) is 22.6 Å². The minimum absolute atomic E-state index is 0.245. The highest BCUT2D eigenvalue weighted by molar-refractivity contribution is 9.10. The molecule has 92 valence electrons. The van der Waals surface area contributed by atoms with Gasteiger partial charge in [0.1, 0.15) is 5.75 Å². The van der Waals surface area contributed by atoms with Gasteiger partial charge in [0.25, 0.3) is 0 Å². The van der Waals surface area contributed by atoms with Crippen LogP contribution in [0.3, 0.4) is 0 Å². The first-order valence-corrected chi connectivity index (χ1v) is 6.15. The molecule has 1 aliphatic heterocycles. The molecule has 17 heavy (non-hydrogen) atoms. The fraction of sp³-hybridized carbons (Fsp3) is 0.417. The lowest BCUT2D eigenvalue weighted by Crippen LogP contribution is -2.19. The highest BCUT2D eigenvalue weighted by Crippen LogP contribution is 2.33. The molecule has 1 aromatic rings. The van der Waals surface area contributed by atoms with Crippen LogP contribution in [-0.4, -0.2) is 23.8 Å². The molecule has 0 radical (unpaired) electrons. The topological polar surface area (TPSA) is 55.8 Å². The van der Waals surface area contributed by atoms with Crippen molar-refractivity contribution in [3.05, 3.63) is 27.7 Å². The van der Waals surface area contributed by atoms with Gasteiger partial charge in [-0.25, -0.2) is 4.79 Å². The summed E-state index contributed by atoms with van der Waals surface area (Å²) in [6.45, 7) is 2.43. The summed E-state index contributed by atoms with van der Waals surface area (Å²) in [5.41, 5.74) is 2.03. The lowest BCUT2D eigenvalue weighted by Gasteiger charge is -2.12.